The van der Waals surface area contributed by atoms with Crippen LogP contribution >= 0.6 is 46.7 Å². The summed E-state index contributed by atoms with van der Waals surface area (Å²) in [5, 5.41) is 11.0. The van der Waals surface area contributed by atoms with Crippen LogP contribution < -0.4 is 10.6 Å². The number of guanidine groups is 1. The van der Waals surface area contributed by atoms with Crippen molar-refractivity contribution in [3.8, 4) is 0 Å². The van der Waals surface area contributed by atoms with E-state index >= 15 is 0 Å². The van der Waals surface area contributed by atoms with Gasteiger partial charge in [-0.25, -0.2) is 9.97 Å². The molecule has 8 heteroatoms. The van der Waals surface area contributed by atoms with Crippen LogP contribution in [0.5, 0.6) is 0 Å². The van der Waals surface area contributed by atoms with Crippen molar-refractivity contribution in [3.63, 3.8) is 0 Å². The zero-order chi connectivity index (χ0) is 15.9. The number of aliphatic imine (C=N–C) groups is 1. The summed E-state index contributed by atoms with van der Waals surface area (Å²) >= 11 is 3.47. The van der Waals surface area contributed by atoms with Gasteiger partial charge in [0.05, 0.1) is 17.2 Å². The molecule has 2 heterocycles. The van der Waals surface area contributed by atoms with Crippen molar-refractivity contribution in [3.05, 3.63) is 31.7 Å². The fourth-order valence-corrected chi connectivity index (χ4v) is 3.65. The van der Waals surface area contributed by atoms with Crippen molar-refractivity contribution in [1.29, 1.82) is 0 Å². The molecule has 0 radical (unpaired) electrons. The molecule has 2 aromatic heterocycles. The van der Waals surface area contributed by atoms with Gasteiger partial charge < -0.3 is 10.6 Å². The Morgan fingerprint density at radius 1 is 1.17 bits per heavy atom. The van der Waals surface area contributed by atoms with Crippen LogP contribution in [0, 0.1) is 20.8 Å². The van der Waals surface area contributed by atoms with Gasteiger partial charge in [-0.1, -0.05) is 0 Å². The molecule has 0 bridgehead atoms. The SMILES string of the molecule is CN=C(NCCCc1nc(C)cs1)NCc1nc(C)c(C)s1.I. The van der Waals surface area contributed by atoms with Crippen LogP contribution in [0.15, 0.2) is 10.4 Å². The fraction of sp³-hybridized carbons (Fsp3) is 0.533. The van der Waals surface area contributed by atoms with Crippen LogP contribution in [-0.2, 0) is 13.0 Å². The molecule has 0 saturated carbocycles. The Balaban J connectivity index is 0.00000264. The van der Waals surface area contributed by atoms with E-state index in [1.165, 1.54) is 9.88 Å². The van der Waals surface area contributed by atoms with Gasteiger partial charge in [0.1, 0.15) is 5.01 Å². The summed E-state index contributed by atoms with van der Waals surface area (Å²) in [5.41, 5.74) is 2.22. The summed E-state index contributed by atoms with van der Waals surface area (Å²) in [5.74, 6) is 0.820. The van der Waals surface area contributed by atoms with Gasteiger partial charge in [-0.05, 0) is 27.2 Å². The molecule has 2 aromatic rings. The number of aryl methyl sites for hydroxylation is 4. The van der Waals surface area contributed by atoms with E-state index in [1.807, 2.05) is 13.8 Å². The van der Waals surface area contributed by atoms with E-state index in [1.54, 1.807) is 29.7 Å². The maximum atomic E-state index is 4.52. The highest BCUT2D eigenvalue weighted by Crippen LogP contribution is 2.15. The zero-order valence-electron chi connectivity index (χ0n) is 14.0. The lowest BCUT2D eigenvalue weighted by molar-refractivity contribution is 0.737. The Morgan fingerprint density at radius 2 is 1.96 bits per heavy atom. The number of halogens is 1. The number of thiazole rings is 2. The van der Waals surface area contributed by atoms with Crippen LogP contribution in [0.25, 0.3) is 0 Å². The molecule has 0 aliphatic rings. The molecule has 23 heavy (non-hydrogen) atoms. The van der Waals surface area contributed by atoms with Crippen LogP contribution in [0.4, 0.5) is 0 Å². The largest absolute Gasteiger partial charge is 0.356 e. The van der Waals surface area contributed by atoms with E-state index < -0.39 is 0 Å². The molecular weight excluding hydrogens is 441 g/mol. The Labute approximate surface area is 163 Å². The summed E-state index contributed by atoms with van der Waals surface area (Å²) < 4.78 is 0. The third-order valence-corrected chi connectivity index (χ3v) is 5.33. The molecule has 0 spiro atoms. The summed E-state index contributed by atoms with van der Waals surface area (Å²) in [6.07, 6.45) is 2.05. The van der Waals surface area contributed by atoms with Crippen molar-refractivity contribution in [2.75, 3.05) is 13.6 Å². The lowest BCUT2D eigenvalue weighted by atomic mass is 10.3. The molecule has 0 unspecified atom stereocenters. The molecule has 0 amide bonds. The topological polar surface area (TPSA) is 62.2 Å². The van der Waals surface area contributed by atoms with Gasteiger partial charge in [0.15, 0.2) is 5.96 Å². The smallest absolute Gasteiger partial charge is 0.191 e. The highest BCUT2D eigenvalue weighted by Gasteiger charge is 2.05. The van der Waals surface area contributed by atoms with Crippen molar-refractivity contribution in [2.24, 2.45) is 4.99 Å². The monoisotopic (exact) mass is 465 g/mol. The molecule has 0 aliphatic heterocycles. The van der Waals surface area contributed by atoms with Gasteiger partial charge in [0, 0.05) is 36.0 Å². The second-order valence-electron chi connectivity index (χ2n) is 5.09. The number of nitrogens with zero attached hydrogens (tertiary/aromatic N) is 3. The average molecular weight is 465 g/mol. The normalized spacial score (nSPS) is 11.2. The molecule has 2 N–H and O–H groups in total. The third kappa shape index (κ3) is 6.72. The Kier molecular flexibility index (Phi) is 9.00. The molecular formula is C15H24IN5S2. The van der Waals surface area contributed by atoms with Gasteiger partial charge in [-0.15, -0.1) is 46.7 Å². The van der Waals surface area contributed by atoms with Gasteiger partial charge in [-0.3, -0.25) is 4.99 Å². The van der Waals surface area contributed by atoms with Gasteiger partial charge in [-0.2, -0.15) is 0 Å². The predicted octanol–water partition coefficient (Wildman–Crippen LogP) is 3.44. The third-order valence-electron chi connectivity index (χ3n) is 3.23. The van der Waals surface area contributed by atoms with Gasteiger partial charge in [0.2, 0.25) is 0 Å². The molecule has 2 rings (SSSR count). The van der Waals surface area contributed by atoms with E-state index in [4.69, 9.17) is 0 Å². The van der Waals surface area contributed by atoms with E-state index in [2.05, 4.69) is 37.9 Å². The molecule has 128 valence electrons. The highest BCUT2D eigenvalue weighted by atomic mass is 127. The number of hydrogen-bond donors (Lipinski definition) is 2. The van der Waals surface area contributed by atoms with Crippen LogP contribution in [0.1, 0.15) is 32.7 Å². The predicted molar refractivity (Wildman–Crippen MR) is 110 cm³/mol. The van der Waals surface area contributed by atoms with E-state index in [0.717, 1.165) is 41.7 Å². The first kappa shape index (κ1) is 20.3. The van der Waals surface area contributed by atoms with Crippen molar-refractivity contribution >= 4 is 52.6 Å². The summed E-state index contributed by atoms with van der Waals surface area (Å²) in [4.78, 5) is 14.5. The molecule has 0 aliphatic carbocycles. The Hall–Kier alpha value is -0.740. The summed E-state index contributed by atoms with van der Waals surface area (Å²) in [6, 6.07) is 0. The first-order valence-electron chi connectivity index (χ1n) is 7.37. The van der Waals surface area contributed by atoms with Crippen molar-refractivity contribution < 1.29 is 0 Å². The molecule has 5 nitrogen and oxygen atoms in total. The fourth-order valence-electron chi connectivity index (χ4n) is 1.96. The molecule has 0 aromatic carbocycles. The lowest BCUT2D eigenvalue weighted by Crippen LogP contribution is -2.37. The van der Waals surface area contributed by atoms with Gasteiger partial charge >= 0.3 is 0 Å². The second kappa shape index (κ2) is 10.2. The molecule has 0 atom stereocenters. The number of hydrogen-bond acceptors (Lipinski definition) is 5. The van der Waals surface area contributed by atoms with Crippen LogP contribution in [0.3, 0.4) is 0 Å². The Bertz CT molecular complexity index is 616. The number of aromatic nitrogens is 2. The maximum Gasteiger partial charge on any atom is 0.191 e. The van der Waals surface area contributed by atoms with E-state index in [-0.39, 0.29) is 24.0 Å². The first-order chi connectivity index (χ1) is 10.6. The maximum absolute atomic E-state index is 4.52. The number of nitrogens with one attached hydrogen (secondary N) is 2. The summed E-state index contributed by atoms with van der Waals surface area (Å²) in [6.45, 7) is 7.78. The number of rotatable bonds is 6. The zero-order valence-corrected chi connectivity index (χ0v) is 17.9. The Morgan fingerprint density at radius 3 is 2.52 bits per heavy atom. The minimum Gasteiger partial charge on any atom is -0.356 e. The first-order valence-corrected chi connectivity index (χ1v) is 9.06. The average Bonchev–Trinajstić information content (AvgIpc) is 3.04. The minimum atomic E-state index is 0. The van der Waals surface area contributed by atoms with Crippen LogP contribution in [-0.4, -0.2) is 29.5 Å². The van der Waals surface area contributed by atoms with Crippen LogP contribution in [0.2, 0.25) is 0 Å². The minimum absolute atomic E-state index is 0. The highest BCUT2D eigenvalue weighted by molar-refractivity contribution is 14.0. The van der Waals surface area contributed by atoms with E-state index in [9.17, 15) is 0 Å². The van der Waals surface area contributed by atoms with E-state index in [0.29, 0.717) is 6.54 Å². The molecule has 0 fully saturated rings. The molecule has 0 saturated heterocycles. The van der Waals surface area contributed by atoms with Crippen molar-refractivity contribution in [2.45, 2.75) is 40.2 Å². The summed E-state index contributed by atoms with van der Waals surface area (Å²) in [7, 11) is 1.79. The van der Waals surface area contributed by atoms with Gasteiger partial charge in [0.25, 0.3) is 0 Å². The standard InChI is InChI=1S/C15H23N5S2.HI/c1-10-9-21-13(19-10)6-5-7-17-15(16-4)18-8-14-20-11(2)12(3)22-14;/h9H,5-8H2,1-4H3,(H2,16,17,18);1H. The van der Waals surface area contributed by atoms with Crippen molar-refractivity contribution in [1.82, 2.24) is 20.6 Å². The quantitative estimate of drug-likeness (QED) is 0.297. The lowest BCUT2D eigenvalue weighted by Gasteiger charge is -2.10. The second-order valence-corrected chi connectivity index (χ2v) is 7.32.